The first-order valence-corrected chi connectivity index (χ1v) is 4.78. The van der Waals surface area contributed by atoms with Crippen LogP contribution in [0.5, 0.6) is 0 Å². The summed E-state index contributed by atoms with van der Waals surface area (Å²) in [6.45, 7) is 6.95. The first kappa shape index (κ1) is 18.1. The van der Waals surface area contributed by atoms with Gasteiger partial charge in [-0.15, -0.1) is 0 Å². The molecular formula is C6H15ArO3S-. The van der Waals surface area contributed by atoms with Crippen LogP contribution in [-0.4, -0.2) is 18.2 Å². The van der Waals surface area contributed by atoms with Crippen LogP contribution in [0.15, 0.2) is 0 Å². The zero-order valence-electron chi connectivity index (χ0n) is 7.27. The zero-order valence-corrected chi connectivity index (χ0v) is 8.79. The molecule has 0 aromatic rings. The van der Waals surface area contributed by atoms with Crippen LogP contribution in [-0.2, 0) is 10.1 Å². The summed E-state index contributed by atoms with van der Waals surface area (Å²) in [6, 6.07) is 0. The summed E-state index contributed by atoms with van der Waals surface area (Å²) in [5.41, 5.74) is 0. The Morgan fingerprint density at radius 3 is 1.36 bits per heavy atom. The fourth-order valence-electron chi connectivity index (χ4n) is 0. The predicted molar refractivity (Wildman–Crippen MR) is 40.8 cm³/mol. The standard InChI is InChI=1S/C3H8O3S.C3H8.Ar/c1-3(2)7(4,5)6;1-3-2;/h3H,1-2H3,(H,4,5,6);3H2,1-2H3;/p-1. The Balaban J connectivity index is -0.000000140. The molecule has 0 bridgehead atoms. The van der Waals surface area contributed by atoms with E-state index in [9.17, 15) is 13.0 Å². The fourth-order valence-corrected chi connectivity index (χ4v) is 0. The molecule has 72 valence electrons. The van der Waals surface area contributed by atoms with Gasteiger partial charge in [0.15, 0.2) is 0 Å². The van der Waals surface area contributed by atoms with E-state index in [0.717, 1.165) is 0 Å². The van der Waals surface area contributed by atoms with Gasteiger partial charge in [-0.1, -0.05) is 20.3 Å². The molecule has 0 aromatic carbocycles. The molecule has 0 saturated carbocycles. The molecule has 0 amide bonds. The van der Waals surface area contributed by atoms with Crippen molar-refractivity contribution < 1.29 is 50.7 Å². The van der Waals surface area contributed by atoms with Crippen molar-refractivity contribution in [2.24, 2.45) is 0 Å². The van der Waals surface area contributed by atoms with Gasteiger partial charge in [0.05, 0.1) is 10.1 Å². The average Bonchev–Trinajstić information content (AvgIpc) is 1.64. The van der Waals surface area contributed by atoms with E-state index in [1.54, 1.807) is 0 Å². The van der Waals surface area contributed by atoms with E-state index < -0.39 is 15.4 Å². The second-order valence-electron chi connectivity index (χ2n) is 2.25. The SMILES string of the molecule is CC(C)S(=O)(=O)[O-].CCC.[Ar]. The molecule has 0 aliphatic heterocycles. The molecule has 0 N–H and O–H groups in total. The van der Waals surface area contributed by atoms with Crippen LogP contribution in [0.3, 0.4) is 0 Å². The number of rotatable bonds is 1. The van der Waals surface area contributed by atoms with Gasteiger partial charge in [-0.3, -0.25) is 0 Å². The van der Waals surface area contributed by atoms with E-state index in [1.807, 2.05) is 0 Å². The molecule has 0 aliphatic carbocycles. The van der Waals surface area contributed by atoms with E-state index in [1.165, 1.54) is 20.3 Å². The minimum Gasteiger partial charge on any atom is -0.748 e. The first-order valence-electron chi connectivity index (χ1n) is 3.30. The maximum absolute atomic E-state index is 9.78. The molecule has 0 spiro atoms. The summed E-state index contributed by atoms with van der Waals surface area (Å²) in [4.78, 5) is 0. The Kier molecular flexibility index (Phi) is 15.2. The summed E-state index contributed by atoms with van der Waals surface area (Å²) >= 11 is 0. The third kappa shape index (κ3) is 18.3. The van der Waals surface area contributed by atoms with Gasteiger partial charge in [0.2, 0.25) is 0 Å². The molecule has 0 saturated heterocycles. The molecule has 0 radical (unpaired) electrons. The van der Waals surface area contributed by atoms with Crippen LogP contribution >= 0.6 is 0 Å². The van der Waals surface area contributed by atoms with Crippen LogP contribution in [0.1, 0.15) is 34.1 Å². The summed E-state index contributed by atoms with van der Waals surface area (Å²) in [7, 11) is -3.99. The molecule has 5 heteroatoms. The third-order valence-corrected chi connectivity index (χ3v) is 1.73. The molecular weight excluding hydrogens is 192 g/mol. The normalized spacial score (nSPS) is 9.64. The maximum Gasteiger partial charge on any atom is 0.0969 e. The molecule has 0 atom stereocenters. The summed E-state index contributed by atoms with van der Waals surface area (Å²) in [6.07, 6.45) is 1.25. The van der Waals surface area contributed by atoms with Crippen LogP contribution in [0.25, 0.3) is 0 Å². The van der Waals surface area contributed by atoms with Crippen LogP contribution < -0.4 is 0 Å². The number of hydrogen-bond acceptors (Lipinski definition) is 3. The second kappa shape index (κ2) is 9.26. The predicted octanol–water partition coefficient (Wildman–Crippen LogP) is 1.36. The van der Waals surface area contributed by atoms with E-state index in [4.69, 9.17) is 0 Å². The first-order chi connectivity index (χ1) is 4.36. The van der Waals surface area contributed by atoms with Gasteiger partial charge in [-0.2, -0.15) is 0 Å². The van der Waals surface area contributed by atoms with Crippen LogP contribution in [0.2, 0.25) is 0 Å². The Morgan fingerprint density at radius 2 is 1.36 bits per heavy atom. The smallest absolute Gasteiger partial charge is 0.0969 e. The minimum atomic E-state index is -3.99. The summed E-state index contributed by atoms with van der Waals surface area (Å²) in [5, 5.41) is -0.785. The molecule has 0 aromatic heterocycles. The van der Waals surface area contributed by atoms with Crippen molar-refractivity contribution in [1.82, 2.24) is 0 Å². The van der Waals surface area contributed by atoms with Crippen molar-refractivity contribution in [1.29, 1.82) is 0 Å². The topological polar surface area (TPSA) is 57.2 Å². The molecule has 3 nitrogen and oxygen atoms in total. The molecule has 0 rings (SSSR count). The van der Waals surface area contributed by atoms with Crippen molar-refractivity contribution >= 4 is 10.1 Å². The Morgan fingerprint density at radius 1 is 1.27 bits per heavy atom. The maximum atomic E-state index is 9.78. The van der Waals surface area contributed by atoms with E-state index in [0.29, 0.717) is 0 Å². The van der Waals surface area contributed by atoms with Crippen molar-refractivity contribution in [3.8, 4) is 0 Å². The largest absolute Gasteiger partial charge is 0.748 e. The van der Waals surface area contributed by atoms with Crippen molar-refractivity contribution in [2.45, 2.75) is 39.4 Å². The zero-order chi connectivity index (χ0) is 8.78. The minimum absolute atomic E-state index is 0. The van der Waals surface area contributed by atoms with Gasteiger partial charge in [-0.05, 0) is 13.8 Å². The third-order valence-electron chi connectivity index (χ3n) is 0.577. The molecule has 0 heterocycles. The van der Waals surface area contributed by atoms with Crippen molar-refractivity contribution in [3.05, 3.63) is 0 Å². The molecule has 0 fully saturated rings. The van der Waals surface area contributed by atoms with Crippen LogP contribution in [0.4, 0.5) is 0 Å². The average molecular weight is 207 g/mol. The summed E-state index contributed by atoms with van der Waals surface area (Å²) in [5.74, 6) is 0. The molecule has 0 unspecified atom stereocenters. The molecule has 0 aliphatic rings. The Hall–Kier alpha value is 1.17. The van der Waals surface area contributed by atoms with E-state index >= 15 is 0 Å². The van der Waals surface area contributed by atoms with Gasteiger partial charge < -0.3 is 4.55 Å². The van der Waals surface area contributed by atoms with Gasteiger partial charge in [-0.25, -0.2) is 8.42 Å². The quantitative estimate of drug-likeness (QED) is 0.610. The van der Waals surface area contributed by atoms with Gasteiger partial charge >= 0.3 is 0 Å². The van der Waals surface area contributed by atoms with Gasteiger partial charge in [0.25, 0.3) is 0 Å². The van der Waals surface area contributed by atoms with Gasteiger partial charge in [0.1, 0.15) is 0 Å². The van der Waals surface area contributed by atoms with Gasteiger partial charge in [0, 0.05) is 43.0 Å². The van der Waals surface area contributed by atoms with Crippen molar-refractivity contribution in [3.63, 3.8) is 0 Å². The van der Waals surface area contributed by atoms with E-state index in [2.05, 4.69) is 13.8 Å². The second-order valence-corrected chi connectivity index (χ2v) is 4.18. The Labute approximate surface area is 99.3 Å². The number of hydrogen-bond donors (Lipinski definition) is 0. The van der Waals surface area contributed by atoms with Crippen LogP contribution in [0, 0.1) is 37.7 Å². The molecule has 11 heavy (non-hydrogen) atoms. The Bertz CT molecular complexity index is 151. The summed E-state index contributed by atoms with van der Waals surface area (Å²) < 4.78 is 29.3. The van der Waals surface area contributed by atoms with E-state index in [-0.39, 0.29) is 37.7 Å². The van der Waals surface area contributed by atoms with Crippen molar-refractivity contribution in [2.75, 3.05) is 0 Å². The monoisotopic (exact) mass is 207 g/mol. The fraction of sp³-hybridized carbons (Fsp3) is 1.00.